The third-order valence-corrected chi connectivity index (χ3v) is 3.64. The van der Waals surface area contributed by atoms with Gasteiger partial charge in [-0.1, -0.05) is 24.3 Å². The van der Waals surface area contributed by atoms with E-state index in [0.717, 1.165) is 5.56 Å². The van der Waals surface area contributed by atoms with Gasteiger partial charge in [0.05, 0.1) is 6.61 Å². The molecule has 1 aliphatic heterocycles. The van der Waals surface area contributed by atoms with Crippen molar-refractivity contribution < 1.29 is 32.2 Å². The predicted octanol–water partition coefficient (Wildman–Crippen LogP) is 3.82. The molecule has 0 aliphatic carbocycles. The zero-order valence-electron chi connectivity index (χ0n) is 14.1. The summed E-state index contributed by atoms with van der Waals surface area (Å²) in [4.78, 5) is 12.0. The fourth-order valence-corrected chi connectivity index (χ4v) is 2.37. The van der Waals surface area contributed by atoms with Crippen molar-refractivity contribution >= 4 is 11.7 Å². The number of carbonyl (C=O) groups excluding carboxylic acids is 1. The molecule has 0 unspecified atom stereocenters. The van der Waals surface area contributed by atoms with Crippen LogP contribution in [-0.2, 0) is 17.9 Å². The SMILES string of the molecule is O=C(NCc1ccc(COCC(F)(F)F)cc1)Nc1ccc2c(c1)OCO2. The van der Waals surface area contributed by atoms with Crippen LogP contribution in [0.4, 0.5) is 23.7 Å². The van der Waals surface area contributed by atoms with Crippen molar-refractivity contribution in [3.05, 3.63) is 53.6 Å². The van der Waals surface area contributed by atoms with Gasteiger partial charge in [-0.05, 0) is 23.3 Å². The minimum Gasteiger partial charge on any atom is -0.454 e. The van der Waals surface area contributed by atoms with E-state index in [2.05, 4.69) is 15.4 Å². The zero-order chi connectivity index (χ0) is 19.3. The Morgan fingerprint density at radius 2 is 1.74 bits per heavy atom. The molecule has 6 nitrogen and oxygen atoms in total. The number of nitrogens with one attached hydrogen (secondary N) is 2. The fourth-order valence-electron chi connectivity index (χ4n) is 2.37. The lowest BCUT2D eigenvalue weighted by atomic mass is 10.1. The molecular formula is C18H17F3N2O4. The van der Waals surface area contributed by atoms with E-state index >= 15 is 0 Å². The van der Waals surface area contributed by atoms with E-state index in [9.17, 15) is 18.0 Å². The smallest absolute Gasteiger partial charge is 0.411 e. The number of urea groups is 1. The molecule has 2 N–H and O–H groups in total. The Balaban J connectivity index is 1.43. The van der Waals surface area contributed by atoms with Crippen molar-refractivity contribution in [1.82, 2.24) is 5.32 Å². The van der Waals surface area contributed by atoms with E-state index in [1.165, 1.54) is 0 Å². The molecule has 0 radical (unpaired) electrons. The molecule has 27 heavy (non-hydrogen) atoms. The molecule has 0 spiro atoms. The largest absolute Gasteiger partial charge is 0.454 e. The third kappa shape index (κ3) is 5.78. The summed E-state index contributed by atoms with van der Waals surface area (Å²) in [5, 5.41) is 5.38. The first-order valence-corrected chi connectivity index (χ1v) is 8.06. The van der Waals surface area contributed by atoms with Gasteiger partial charge in [-0.25, -0.2) is 4.79 Å². The lowest BCUT2D eigenvalue weighted by Crippen LogP contribution is -2.28. The van der Waals surface area contributed by atoms with Gasteiger partial charge in [0.2, 0.25) is 6.79 Å². The van der Waals surface area contributed by atoms with Crippen molar-refractivity contribution in [2.75, 3.05) is 18.7 Å². The number of hydrogen-bond donors (Lipinski definition) is 2. The Labute approximate surface area is 153 Å². The lowest BCUT2D eigenvalue weighted by molar-refractivity contribution is -0.176. The van der Waals surface area contributed by atoms with Crippen LogP contribution in [0.5, 0.6) is 11.5 Å². The Hall–Kier alpha value is -2.94. The minimum absolute atomic E-state index is 0.127. The normalized spacial score (nSPS) is 12.7. The number of alkyl halides is 3. The summed E-state index contributed by atoms with van der Waals surface area (Å²) in [6, 6.07) is 11.4. The highest BCUT2D eigenvalue weighted by atomic mass is 19.4. The maximum atomic E-state index is 12.0. The van der Waals surface area contributed by atoms with Crippen LogP contribution >= 0.6 is 0 Å². The maximum Gasteiger partial charge on any atom is 0.411 e. The van der Waals surface area contributed by atoms with Gasteiger partial charge < -0.3 is 24.8 Å². The van der Waals surface area contributed by atoms with Crippen molar-refractivity contribution in [3.8, 4) is 11.5 Å². The average Bonchev–Trinajstić information content (AvgIpc) is 3.08. The number of fused-ring (bicyclic) bond motifs is 1. The van der Waals surface area contributed by atoms with E-state index in [1.807, 2.05) is 0 Å². The Bertz CT molecular complexity index is 794. The second-order valence-corrected chi connectivity index (χ2v) is 5.80. The Morgan fingerprint density at radius 3 is 2.48 bits per heavy atom. The van der Waals surface area contributed by atoms with E-state index in [-0.39, 0.29) is 19.9 Å². The maximum absolute atomic E-state index is 12.0. The minimum atomic E-state index is -4.34. The molecule has 144 valence electrons. The molecule has 0 fully saturated rings. The molecule has 0 atom stereocenters. The van der Waals surface area contributed by atoms with Gasteiger partial charge in [0.15, 0.2) is 11.5 Å². The number of rotatable bonds is 6. The number of benzene rings is 2. The first-order chi connectivity index (χ1) is 12.9. The Morgan fingerprint density at radius 1 is 1.04 bits per heavy atom. The van der Waals surface area contributed by atoms with Crippen LogP contribution < -0.4 is 20.1 Å². The van der Waals surface area contributed by atoms with Gasteiger partial charge >= 0.3 is 12.2 Å². The molecule has 1 heterocycles. The molecular weight excluding hydrogens is 365 g/mol. The van der Waals surface area contributed by atoms with Crippen molar-refractivity contribution in [2.45, 2.75) is 19.3 Å². The van der Waals surface area contributed by atoms with Gasteiger partial charge in [-0.3, -0.25) is 0 Å². The first-order valence-electron chi connectivity index (χ1n) is 8.06. The lowest BCUT2D eigenvalue weighted by Gasteiger charge is -2.10. The third-order valence-electron chi connectivity index (χ3n) is 3.64. The number of ether oxygens (including phenoxy) is 3. The highest BCUT2D eigenvalue weighted by molar-refractivity contribution is 5.89. The van der Waals surface area contributed by atoms with Crippen LogP contribution in [0, 0.1) is 0 Å². The topological polar surface area (TPSA) is 68.8 Å². The number of carbonyl (C=O) groups is 1. The summed E-state index contributed by atoms with van der Waals surface area (Å²) in [6.07, 6.45) is -4.34. The van der Waals surface area contributed by atoms with Crippen LogP contribution in [0.25, 0.3) is 0 Å². The monoisotopic (exact) mass is 382 g/mol. The van der Waals surface area contributed by atoms with Crippen molar-refractivity contribution in [2.24, 2.45) is 0 Å². The summed E-state index contributed by atoms with van der Waals surface area (Å²) in [7, 11) is 0. The molecule has 2 aromatic carbocycles. The molecule has 0 saturated carbocycles. The molecule has 3 rings (SSSR count). The van der Waals surface area contributed by atoms with Crippen molar-refractivity contribution in [1.29, 1.82) is 0 Å². The van der Waals surface area contributed by atoms with Crippen LogP contribution in [-0.4, -0.2) is 25.6 Å². The van der Waals surface area contributed by atoms with E-state index in [4.69, 9.17) is 9.47 Å². The number of halogens is 3. The summed E-state index contributed by atoms with van der Waals surface area (Å²) in [6.45, 7) is -0.990. The van der Waals surface area contributed by atoms with Crippen LogP contribution in [0.1, 0.15) is 11.1 Å². The fraction of sp³-hybridized carbons (Fsp3) is 0.278. The number of anilines is 1. The van der Waals surface area contributed by atoms with E-state index < -0.39 is 18.8 Å². The molecule has 1 aliphatic rings. The molecule has 9 heteroatoms. The number of amides is 2. The predicted molar refractivity (Wildman–Crippen MR) is 90.6 cm³/mol. The highest BCUT2D eigenvalue weighted by Gasteiger charge is 2.27. The standard InChI is InChI=1S/C18H17F3N2O4/c19-18(20,21)10-25-9-13-3-1-12(2-4-13)8-22-17(24)23-14-5-6-15-16(7-14)27-11-26-15/h1-7H,8-11H2,(H2,22,23,24). The summed E-state index contributed by atoms with van der Waals surface area (Å²) in [5.74, 6) is 1.19. The van der Waals surface area contributed by atoms with Gasteiger partial charge in [-0.15, -0.1) is 0 Å². The second-order valence-electron chi connectivity index (χ2n) is 5.80. The van der Waals surface area contributed by atoms with E-state index in [1.54, 1.807) is 42.5 Å². The molecule has 0 bridgehead atoms. The van der Waals surface area contributed by atoms with Crippen LogP contribution in [0.2, 0.25) is 0 Å². The summed E-state index contributed by atoms with van der Waals surface area (Å²) in [5.41, 5.74) is 1.98. The number of hydrogen-bond acceptors (Lipinski definition) is 4. The first kappa shape index (κ1) is 18.8. The quantitative estimate of drug-likeness (QED) is 0.797. The van der Waals surface area contributed by atoms with Crippen molar-refractivity contribution in [3.63, 3.8) is 0 Å². The average molecular weight is 382 g/mol. The van der Waals surface area contributed by atoms with E-state index in [0.29, 0.717) is 22.7 Å². The summed E-state index contributed by atoms with van der Waals surface area (Å²) >= 11 is 0. The second kappa shape index (κ2) is 8.17. The Kier molecular flexibility index (Phi) is 5.70. The molecule has 2 amide bonds. The molecule has 0 saturated heterocycles. The van der Waals surface area contributed by atoms with Gasteiger partial charge in [0.25, 0.3) is 0 Å². The summed E-state index contributed by atoms with van der Waals surface area (Å²) < 4.78 is 51.1. The highest BCUT2D eigenvalue weighted by Crippen LogP contribution is 2.34. The van der Waals surface area contributed by atoms with Crippen LogP contribution in [0.3, 0.4) is 0 Å². The van der Waals surface area contributed by atoms with Gasteiger partial charge in [0, 0.05) is 18.3 Å². The molecule has 0 aromatic heterocycles. The zero-order valence-corrected chi connectivity index (χ0v) is 14.1. The van der Waals surface area contributed by atoms with Gasteiger partial charge in [0.1, 0.15) is 6.61 Å². The molecule has 2 aromatic rings. The van der Waals surface area contributed by atoms with Crippen LogP contribution in [0.15, 0.2) is 42.5 Å². The van der Waals surface area contributed by atoms with Gasteiger partial charge in [-0.2, -0.15) is 13.2 Å².